The first-order valence-electron chi connectivity index (χ1n) is 11.6. The maximum Gasteiger partial charge on any atom is 0.218 e. The monoisotopic (exact) mass is 450 g/mol. The van der Waals surface area contributed by atoms with Crippen molar-refractivity contribution in [3.05, 3.63) is 79.3 Å². The van der Waals surface area contributed by atoms with Crippen LogP contribution < -0.4 is 4.90 Å². The van der Waals surface area contributed by atoms with Crippen LogP contribution in [0.15, 0.2) is 79.3 Å². The third-order valence-electron chi connectivity index (χ3n) is 6.62. The first-order valence-corrected chi connectivity index (χ1v) is 11.6. The van der Waals surface area contributed by atoms with E-state index in [1.165, 1.54) is 0 Å². The first kappa shape index (κ1) is 20.6. The Morgan fingerprint density at radius 3 is 2.38 bits per heavy atom. The second-order valence-electron chi connectivity index (χ2n) is 8.85. The molecule has 7 nitrogen and oxygen atoms in total. The van der Waals surface area contributed by atoms with E-state index in [1.54, 1.807) is 6.20 Å². The highest BCUT2D eigenvalue weighted by Gasteiger charge is 2.29. The van der Waals surface area contributed by atoms with Gasteiger partial charge in [0.25, 0.3) is 0 Å². The Kier molecular flexibility index (Phi) is 5.11. The number of anilines is 1. The summed E-state index contributed by atoms with van der Waals surface area (Å²) in [5, 5.41) is 14.7. The molecule has 1 saturated heterocycles. The lowest BCUT2D eigenvalue weighted by molar-refractivity contribution is 0.238. The number of aliphatic hydroxyl groups is 1. The van der Waals surface area contributed by atoms with Crippen molar-refractivity contribution in [2.24, 2.45) is 13.0 Å². The number of aromatic nitrogens is 5. The Labute approximate surface area is 198 Å². The topological polar surface area (TPSA) is 71.5 Å². The van der Waals surface area contributed by atoms with Gasteiger partial charge in [0.1, 0.15) is 5.52 Å². The molecule has 0 saturated carbocycles. The fourth-order valence-electron chi connectivity index (χ4n) is 4.87. The van der Waals surface area contributed by atoms with Gasteiger partial charge in [0.15, 0.2) is 11.6 Å². The van der Waals surface area contributed by atoms with E-state index in [1.807, 2.05) is 34.5 Å². The zero-order chi connectivity index (χ0) is 23.1. The summed E-state index contributed by atoms with van der Waals surface area (Å²) in [5.41, 5.74) is 5.45. The SMILES string of the molecule is Cn1ccnc1-c1nc(N2CCC(CO)C2)c2c(-c3ccccc3)c(-c3ccccc3)cn2n1. The molecule has 6 rings (SSSR count). The highest BCUT2D eigenvalue weighted by molar-refractivity contribution is 5.99. The molecule has 4 heterocycles. The number of rotatable bonds is 5. The Morgan fingerprint density at radius 2 is 1.74 bits per heavy atom. The van der Waals surface area contributed by atoms with Crippen molar-refractivity contribution >= 4 is 11.3 Å². The van der Waals surface area contributed by atoms with E-state index in [2.05, 4.69) is 64.6 Å². The van der Waals surface area contributed by atoms with Crippen LogP contribution in [0.25, 0.3) is 39.4 Å². The lowest BCUT2D eigenvalue weighted by Crippen LogP contribution is -2.23. The number of hydrogen-bond donors (Lipinski definition) is 1. The first-order chi connectivity index (χ1) is 16.7. The lowest BCUT2D eigenvalue weighted by atomic mass is 9.97. The molecule has 1 aliphatic rings. The molecular formula is C27H26N6O. The largest absolute Gasteiger partial charge is 0.396 e. The van der Waals surface area contributed by atoms with Crippen molar-refractivity contribution < 1.29 is 5.11 Å². The van der Waals surface area contributed by atoms with Crippen LogP contribution in [0.4, 0.5) is 5.82 Å². The third kappa shape index (κ3) is 3.45. The molecule has 1 fully saturated rings. The molecule has 2 aromatic carbocycles. The van der Waals surface area contributed by atoms with E-state index in [9.17, 15) is 5.11 Å². The summed E-state index contributed by atoms with van der Waals surface area (Å²) in [7, 11) is 1.95. The lowest BCUT2D eigenvalue weighted by Gasteiger charge is -2.20. The fraction of sp³-hybridized carbons (Fsp3) is 0.222. The maximum absolute atomic E-state index is 9.79. The number of aliphatic hydroxyl groups excluding tert-OH is 1. The third-order valence-corrected chi connectivity index (χ3v) is 6.62. The van der Waals surface area contributed by atoms with Gasteiger partial charge in [0, 0.05) is 62.4 Å². The van der Waals surface area contributed by atoms with Gasteiger partial charge in [0.2, 0.25) is 5.82 Å². The van der Waals surface area contributed by atoms with Crippen LogP contribution in [0.5, 0.6) is 0 Å². The van der Waals surface area contributed by atoms with Crippen LogP contribution in [0, 0.1) is 5.92 Å². The zero-order valence-corrected chi connectivity index (χ0v) is 19.0. The second kappa shape index (κ2) is 8.43. The molecule has 1 aliphatic heterocycles. The van der Waals surface area contributed by atoms with Crippen LogP contribution in [0.1, 0.15) is 6.42 Å². The summed E-state index contributed by atoms with van der Waals surface area (Å²) in [6.45, 7) is 1.80. The molecule has 0 aliphatic carbocycles. The number of benzene rings is 2. The van der Waals surface area contributed by atoms with E-state index in [0.29, 0.717) is 5.82 Å². The molecular weight excluding hydrogens is 424 g/mol. The summed E-state index contributed by atoms with van der Waals surface area (Å²) < 4.78 is 3.90. The van der Waals surface area contributed by atoms with Crippen LogP contribution in [-0.4, -0.2) is 49.0 Å². The van der Waals surface area contributed by atoms with Gasteiger partial charge in [-0.05, 0) is 17.5 Å². The standard InChI is InChI=1S/C27H26N6O/c1-31-15-13-28-27(31)25-29-26(32-14-12-19(16-32)18-34)24-23(21-10-6-3-7-11-21)22(17-33(24)30-25)20-8-4-2-5-9-20/h2-11,13,15,17,19,34H,12,14,16,18H2,1H3. The van der Waals surface area contributed by atoms with Crippen LogP contribution in [0.2, 0.25) is 0 Å². The van der Waals surface area contributed by atoms with E-state index in [0.717, 1.165) is 58.9 Å². The summed E-state index contributed by atoms with van der Waals surface area (Å²) in [4.78, 5) is 11.9. The highest BCUT2D eigenvalue weighted by Crippen LogP contribution is 2.41. The maximum atomic E-state index is 9.79. The minimum atomic E-state index is 0.186. The van der Waals surface area contributed by atoms with Gasteiger partial charge in [-0.1, -0.05) is 60.7 Å². The molecule has 3 aromatic heterocycles. The molecule has 0 bridgehead atoms. The predicted molar refractivity (Wildman–Crippen MR) is 133 cm³/mol. The average Bonchev–Trinajstić information content (AvgIpc) is 3.62. The summed E-state index contributed by atoms with van der Waals surface area (Å²) in [6.07, 6.45) is 6.71. The molecule has 5 aromatic rings. The van der Waals surface area contributed by atoms with E-state index < -0.39 is 0 Å². The van der Waals surface area contributed by atoms with Crippen LogP contribution in [-0.2, 0) is 7.05 Å². The van der Waals surface area contributed by atoms with Crippen molar-refractivity contribution in [2.45, 2.75) is 6.42 Å². The van der Waals surface area contributed by atoms with Crippen molar-refractivity contribution in [1.82, 2.24) is 24.1 Å². The smallest absolute Gasteiger partial charge is 0.218 e. The van der Waals surface area contributed by atoms with Crippen LogP contribution in [0.3, 0.4) is 0 Å². The van der Waals surface area contributed by atoms with Crippen molar-refractivity contribution in [1.29, 1.82) is 0 Å². The van der Waals surface area contributed by atoms with Crippen LogP contribution >= 0.6 is 0 Å². The summed E-state index contributed by atoms with van der Waals surface area (Å²) >= 11 is 0. The summed E-state index contributed by atoms with van der Waals surface area (Å²) in [6, 6.07) is 20.9. The van der Waals surface area contributed by atoms with Gasteiger partial charge < -0.3 is 14.6 Å². The van der Waals surface area contributed by atoms with Gasteiger partial charge in [-0.15, -0.1) is 5.10 Å². The second-order valence-corrected chi connectivity index (χ2v) is 8.85. The van der Waals surface area contributed by atoms with E-state index >= 15 is 0 Å². The molecule has 7 heteroatoms. The number of nitrogens with zero attached hydrogens (tertiary/aromatic N) is 6. The van der Waals surface area contributed by atoms with Crippen molar-refractivity contribution in [3.8, 4) is 33.9 Å². The number of fused-ring (bicyclic) bond motifs is 1. The molecule has 1 N–H and O–H groups in total. The molecule has 170 valence electrons. The van der Waals surface area contributed by atoms with Crippen molar-refractivity contribution in [3.63, 3.8) is 0 Å². The van der Waals surface area contributed by atoms with Gasteiger partial charge in [0.05, 0.1) is 0 Å². The Hall–Kier alpha value is -3.97. The Morgan fingerprint density at radius 1 is 1.00 bits per heavy atom. The van der Waals surface area contributed by atoms with E-state index in [4.69, 9.17) is 10.1 Å². The van der Waals surface area contributed by atoms with Crippen molar-refractivity contribution in [2.75, 3.05) is 24.6 Å². The van der Waals surface area contributed by atoms with Gasteiger partial charge in [-0.2, -0.15) is 0 Å². The molecule has 0 radical (unpaired) electrons. The normalized spacial score (nSPS) is 15.9. The van der Waals surface area contributed by atoms with Gasteiger partial charge >= 0.3 is 0 Å². The molecule has 0 spiro atoms. The minimum absolute atomic E-state index is 0.186. The molecule has 1 atom stereocenters. The molecule has 0 amide bonds. The van der Waals surface area contributed by atoms with Gasteiger partial charge in [-0.3, -0.25) is 0 Å². The Bertz CT molecular complexity index is 1440. The fourth-order valence-corrected chi connectivity index (χ4v) is 4.87. The molecule has 1 unspecified atom stereocenters. The molecule has 34 heavy (non-hydrogen) atoms. The average molecular weight is 451 g/mol. The van der Waals surface area contributed by atoms with E-state index in [-0.39, 0.29) is 12.5 Å². The number of imidazole rings is 1. The quantitative estimate of drug-likeness (QED) is 0.433. The highest BCUT2D eigenvalue weighted by atomic mass is 16.3. The summed E-state index contributed by atoms with van der Waals surface area (Å²) in [5.74, 6) is 2.43. The minimum Gasteiger partial charge on any atom is -0.396 e. The zero-order valence-electron chi connectivity index (χ0n) is 19.0. The number of aryl methyl sites for hydroxylation is 1. The number of hydrogen-bond acceptors (Lipinski definition) is 5. The predicted octanol–water partition coefficient (Wildman–Crippen LogP) is 4.28. The Balaban J connectivity index is 1.67. The van der Waals surface area contributed by atoms with Gasteiger partial charge in [-0.25, -0.2) is 14.5 Å².